The maximum Gasteiger partial charge on any atom is 0.0547 e. The summed E-state index contributed by atoms with van der Waals surface area (Å²) >= 11 is 0. The van der Waals surface area contributed by atoms with Gasteiger partial charge in [0.2, 0.25) is 0 Å². The van der Waals surface area contributed by atoms with Gasteiger partial charge in [-0.25, -0.2) is 0 Å². The summed E-state index contributed by atoms with van der Waals surface area (Å²) in [4.78, 5) is 7.07. The lowest BCUT2D eigenvalue weighted by molar-refractivity contribution is 0.159. The minimum absolute atomic E-state index is 0.620. The van der Waals surface area contributed by atoms with Gasteiger partial charge in [-0.05, 0) is 51.4 Å². The number of aryl methyl sites for hydroxylation is 1. The van der Waals surface area contributed by atoms with E-state index in [2.05, 4.69) is 42.1 Å². The van der Waals surface area contributed by atoms with Crippen molar-refractivity contribution in [2.45, 2.75) is 51.6 Å². The van der Waals surface area contributed by atoms with E-state index in [0.29, 0.717) is 12.0 Å². The van der Waals surface area contributed by atoms with E-state index in [1.165, 1.54) is 37.8 Å². The normalized spacial score (nSPS) is 24.4. The van der Waals surface area contributed by atoms with Gasteiger partial charge in [0, 0.05) is 18.3 Å². The van der Waals surface area contributed by atoms with Crippen LogP contribution in [0.2, 0.25) is 0 Å². The molecule has 0 aromatic carbocycles. The lowest BCUT2D eigenvalue weighted by Crippen LogP contribution is -2.40. The quantitative estimate of drug-likeness (QED) is 0.847. The fraction of sp³-hybridized carbons (Fsp3) is 0.688. The molecule has 1 aromatic heterocycles. The molecule has 1 aliphatic carbocycles. The molecule has 2 unspecified atom stereocenters. The molecule has 0 radical (unpaired) electrons. The highest BCUT2D eigenvalue weighted by molar-refractivity contribution is 5.09. The van der Waals surface area contributed by atoms with E-state index in [9.17, 15) is 0 Å². The molecule has 3 nitrogen and oxygen atoms in total. The highest BCUT2D eigenvalue weighted by Crippen LogP contribution is 2.26. The topological polar surface area (TPSA) is 42.1 Å². The predicted molar refractivity (Wildman–Crippen MR) is 79.9 cm³/mol. The Balaban J connectivity index is 2.02. The summed E-state index contributed by atoms with van der Waals surface area (Å²) in [6.07, 6.45) is 6.61. The molecule has 0 spiro atoms. The van der Waals surface area contributed by atoms with Crippen LogP contribution in [0.3, 0.4) is 0 Å². The summed E-state index contributed by atoms with van der Waals surface area (Å²) in [7, 11) is 2.22. The fourth-order valence-electron chi connectivity index (χ4n) is 3.28. The first-order chi connectivity index (χ1) is 9.20. The van der Waals surface area contributed by atoms with Crippen LogP contribution in [0.15, 0.2) is 18.2 Å². The molecule has 1 aliphatic rings. The monoisotopic (exact) mass is 261 g/mol. The van der Waals surface area contributed by atoms with Gasteiger partial charge in [0.25, 0.3) is 0 Å². The van der Waals surface area contributed by atoms with Gasteiger partial charge >= 0.3 is 0 Å². The molecule has 1 fully saturated rings. The number of rotatable bonds is 4. The Morgan fingerprint density at radius 2 is 2.05 bits per heavy atom. The number of hydrogen-bond acceptors (Lipinski definition) is 3. The highest BCUT2D eigenvalue weighted by Gasteiger charge is 2.26. The van der Waals surface area contributed by atoms with Crippen molar-refractivity contribution in [2.24, 2.45) is 11.7 Å². The minimum Gasteiger partial charge on any atom is -0.330 e. The zero-order chi connectivity index (χ0) is 13.7. The van der Waals surface area contributed by atoms with Gasteiger partial charge < -0.3 is 5.73 Å². The highest BCUT2D eigenvalue weighted by atomic mass is 15.1. The first-order valence-corrected chi connectivity index (χ1v) is 7.53. The van der Waals surface area contributed by atoms with Crippen molar-refractivity contribution in [3.8, 4) is 0 Å². The predicted octanol–water partition coefficient (Wildman–Crippen LogP) is 2.73. The summed E-state index contributed by atoms with van der Waals surface area (Å²) in [5.74, 6) is 0.650. The van der Waals surface area contributed by atoms with E-state index in [-0.39, 0.29) is 0 Å². The Morgan fingerprint density at radius 3 is 2.79 bits per heavy atom. The molecule has 1 aromatic rings. The minimum atomic E-state index is 0.620. The van der Waals surface area contributed by atoms with E-state index in [0.717, 1.165) is 18.8 Å². The molecule has 0 amide bonds. The molecule has 1 heterocycles. The van der Waals surface area contributed by atoms with Crippen LogP contribution in [0.5, 0.6) is 0 Å². The Hall–Kier alpha value is -0.930. The largest absolute Gasteiger partial charge is 0.330 e. The maximum atomic E-state index is 5.98. The van der Waals surface area contributed by atoms with Gasteiger partial charge in [-0.1, -0.05) is 25.3 Å². The van der Waals surface area contributed by atoms with Crippen LogP contribution in [0.4, 0.5) is 0 Å². The summed E-state index contributed by atoms with van der Waals surface area (Å²) in [6, 6.07) is 6.89. The smallest absolute Gasteiger partial charge is 0.0547 e. The Labute approximate surface area is 117 Å². The second-order valence-electron chi connectivity index (χ2n) is 5.89. The van der Waals surface area contributed by atoms with Gasteiger partial charge in [-0.2, -0.15) is 0 Å². The van der Waals surface area contributed by atoms with E-state index >= 15 is 0 Å². The van der Waals surface area contributed by atoms with Crippen molar-refractivity contribution in [1.82, 2.24) is 9.88 Å². The van der Waals surface area contributed by atoms with Crippen molar-refractivity contribution in [1.29, 1.82) is 0 Å². The summed E-state index contributed by atoms with van der Waals surface area (Å²) < 4.78 is 0. The van der Waals surface area contributed by atoms with Crippen molar-refractivity contribution in [2.75, 3.05) is 13.6 Å². The summed E-state index contributed by atoms with van der Waals surface area (Å²) in [6.45, 7) is 3.80. The number of nitrogens with two attached hydrogens (primary N) is 1. The summed E-state index contributed by atoms with van der Waals surface area (Å²) in [5, 5.41) is 0. The standard InChI is InChI=1S/C16H27N3/c1-13-7-6-9-15(18-13)12-19(2)16-10-5-3-4-8-14(16)11-17/h6-7,9,14,16H,3-5,8,10-12,17H2,1-2H3. The van der Waals surface area contributed by atoms with Crippen LogP contribution >= 0.6 is 0 Å². The average Bonchev–Trinajstić information content (AvgIpc) is 2.63. The van der Waals surface area contributed by atoms with Crippen LogP contribution in [-0.4, -0.2) is 29.5 Å². The van der Waals surface area contributed by atoms with Gasteiger partial charge in [0.1, 0.15) is 0 Å². The number of pyridine rings is 1. The van der Waals surface area contributed by atoms with Gasteiger partial charge in [-0.15, -0.1) is 0 Å². The molecule has 1 saturated carbocycles. The van der Waals surface area contributed by atoms with Crippen molar-refractivity contribution in [3.05, 3.63) is 29.6 Å². The van der Waals surface area contributed by atoms with Gasteiger partial charge in [0.05, 0.1) is 5.69 Å². The van der Waals surface area contributed by atoms with Crippen LogP contribution in [0.1, 0.15) is 43.5 Å². The third-order valence-electron chi connectivity index (χ3n) is 4.35. The first kappa shape index (κ1) is 14.5. The zero-order valence-corrected chi connectivity index (χ0v) is 12.3. The average molecular weight is 261 g/mol. The third kappa shape index (κ3) is 4.02. The molecule has 2 rings (SSSR count). The Morgan fingerprint density at radius 1 is 1.26 bits per heavy atom. The Bertz CT molecular complexity index is 391. The molecule has 0 aliphatic heterocycles. The molecule has 19 heavy (non-hydrogen) atoms. The first-order valence-electron chi connectivity index (χ1n) is 7.53. The van der Waals surface area contributed by atoms with Gasteiger partial charge in [-0.3, -0.25) is 9.88 Å². The third-order valence-corrected chi connectivity index (χ3v) is 4.35. The SMILES string of the molecule is Cc1cccc(CN(C)C2CCCCCC2CN)n1. The molecule has 2 atom stereocenters. The van der Waals surface area contributed by atoms with Crippen molar-refractivity contribution in [3.63, 3.8) is 0 Å². The molecule has 3 heteroatoms. The number of aromatic nitrogens is 1. The maximum absolute atomic E-state index is 5.98. The van der Waals surface area contributed by atoms with Crippen LogP contribution in [0, 0.1) is 12.8 Å². The molecule has 0 bridgehead atoms. The molecule has 2 N–H and O–H groups in total. The van der Waals surface area contributed by atoms with Crippen LogP contribution in [0.25, 0.3) is 0 Å². The Kier molecular flexibility index (Phi) is 5.34. The second-order valence-corrected chi connectivity index (χ2v) is 5.89. The molecular formula is C16H27N3. The van der Waals surface area contributed by atoms with Gasteiger partial charge in [0.15, 0.2) is 0 Å². The lowest BCUT2D eigenvalue weighted by Gasteiger charge is -2.32. The zero-order valence-electron chi connectivity index (χ0n) is 12.3. The lowest BCUT2D eigenvalue weighted by atomic mass is 9.93. The van der Waals surface area contributed by atoms with E-state index < -0.39 is 0 Å². The molecule has 0 saturated heterocycles. The molecule has 106 valence electrons. The number of nitrogens with zero attached hydrogens (tertiary/aromatic N) is 2. The van der Waals surface area contributed by atoms with Crippen molar-refractivity contribution < 1.29 is 0 Å². The van der Waals surface area contributed by atoms with Crippen LogP contribution < -0.4 is 5.73 Å². The van der Waals surface area contributed by atoms with E-state index in [1.807, 2.05) is 0 Å². The van der Waals surface area contributed by atoms with E-state index in [4.69, 9.17) is 5.73 Å². The second kappa shape index (κ2) is 7.01. The summed E-state index contributed by atoms with van der Waals surface area (Å²) in [5.41, 5.74) is 8.24. The fourth-order valence-corrected chi connectivity index (χ4v) is 3.28. The van der Waals surface area contributed by atoms with Crippen molar-refractivity contribution >= 4 is 0 Å². The molecular weight excluding hydrogens is 234 g/mol. The number of hydrogen-bond donors (Lipinski definition) is 1. The van der Waals surface area contributed by atoms with E-state index in [1.54, 1.807) is 0 Å². The van der Waals surface area contributed by atoms with Crippen LogP contribution in [-0.2, 0) is 6.54 Å².